The van der Waals surface area contributed by atoms with E-state index < -0.39 is 0 Å². The Hall–Kier alpha value is -2.41. The summed E-state index contributed by atoms with van der Waals surface area (Å²) in [6.07, 6.45) is 1.85. The van der Waals surface area contributed by atoms with Crippen molar-refractivity contribution in [3.05, 3.63) is 46.3 Å². The molecule has 0 radical (unpaired) electrons. The van der Waals surface area contributed by atoms with E-state index in [2.05, 4.69) is 15.6 Å². The molecule has 1 atom stereocenters. The fourth-order valence-electron chi connectivity index (χ4n) is 2.05. The lowest BCUT2D eigenvalue weighted by Crippen LogP contribution is -2.32. The molecule has 2 aromatic rings. The third kappa shape index (κ3) is 5.37. The predicted octanol–water partition coefficient (Wildman–Crippen LogP) is 2.04. The van der Waals surface area contributed by atoms with Crippen molar-refractivity contribution < 1.29 is 14.3 Å². The molecule has 2 rings (SSSR count). The number of carbonyl (C=O) groups is 2. The number of amides is 2. The topological polar surface area (TPSA) is 80.3 Å². The SMILES string of the molecule is COc1ccc(CNC(=O)CC(NC(C)=O)c2cccs2)cn1. The van der Waals surface area contributed by atoms with Crippen molar-refractivity contribution in [1.29, 1.82) is 0 Å². The van der Waals surface area contributed by atoms with E-state index in [1.165, 1.54) is 18.3 Å². The molecule has 2 N–H and O–H groups in total. The van der Waals surface area contributed by atoms with E-state index in [4.69, 9.17) is 4.74 Å². The van der Waals surface area contributed by atoms with E-state index in [-0.39, 0.29) is 24.3 Å². The number of ether oxygens (including phenoxy) is 1. The monoisotopic (exact) mass is 333 g/mol. The smallest absolute Gasteiger partial charge is 0.222 e. The summed E-state index contributed by atoms with van der Waals surface area (Å²) in [6.45, 7) is 1.83. The van der Waals surface area contributed by atoms with E-state index in [9.17, 15) is 9.59 Å². The van der Waals surface area contributed by atoms with Crippen LogP contribution in [0.4, 0.5) is 0 Å². The number of rotatable bonds is 7. The zero-order chi connectivity index (χ0) is 16.7. The molecule has 0 fully saturated rings. The summed E-state index contributed by atoms with van der Waals surface area (Å²) >= 11 is 1.51. The molecule has 0 bridgehead atoms. The van der Waals surface area contributed by atoms with Crippen LogP contribution < -0.4 is 15.4 Å². The molecular weight excluding hydrogens is 314 g/mol. The van der Waals surface area contributed by atoms with Crippen LogP contribution >= 0.6 is 11.3 Å². The Kier molecular flexibility index (Phi) is 6.10. The van der Waals surface area contributed by atoms with Crippen LogP contribution in [0.15, 0.2) is 35.8 Å². The number of methoxy groups -OCH3 is 1. The van der Waals surface area contributed by atoms with E-state index in [0.29, 0.717) is 12.4 Å². The van der Waals surface area contributed by atoms with Gasteiger partial charge in [-0.15, -0.1) is 11.3 Å². The molecule has 2 amide bonds. The van der Waals surface area contributed by atoms with Crippen LogP contribution in [0, 0.1) is 0 Å². The molecule has 0 aliphatic rings. The standard InChI is InChI=1S/C16H19N3O3S/c1-11(20)19-13(14-4-3-7-23-14)8-15(21)17-9-12-5-6-16(22-2)18-10-12/h3-7,10,13H,8-9H2,1-2H3,(H,17,21)(H,19,20). The van der Waals surface area contributed by atoms with E-state index in [0.717, 1.165) is 10.4 Å². The average Bonchev–Trinajstić information content (AvgIpc) is 3.07. The lowest BCUT2D eigenvalue weighted by molar-refractivity contribution is -0.122. The molecule has 6 nitrogen and oxygen atoms in total. The molecular formula is C16H19N3O3S. The average molecular weight is 333 g/mol. The number of aromatic nitrogens is 1. The molecule has 0 saturated carbocycles. The maximum absolute atomic E-state index is 12.1. The van der Waals surface area contributed by atoms with Crippen LogP contribution in [0.3, 0.4) is 0 Å². The van der Waals surface area contributed by atoms with Crippen molar-refractivity contribution >= 4 is 23.2 Å². The van der Waals surface area contributed by atoms with Crippen molar-refractivity contribution in [2.75, 3.05) is 7.11 Å². The first kappa shape index (κ1) is 17.0. The predicted molar refractivity (Wildman–Crippen MR) is 88.1 cm³/mol. The Morgan fingerprint density at radius 2 is 2.17 bits per heavy atom. The van der Waals surface area contributed by atoms with Crippen LogP contribution in [-0.2, 0) is 16.1 Å². The lowest BCUT2D eigenvalue weighted by Gasteiger charge is -2.16. The molecule has 0 spiro atoms. The zero-order valence-corrected chi connectivity index (χ0v) is 13.9. The van der Waals surface area contributed by atoms with Crippen molar-refractivity contribution in [3.8, 4) is 5.88 Å². The number of hydrogen-bond donors (Lipinski definition) is 2. The molecule has 1 unspecified atom stereocenters. The summed E-state index contributed by atoms with van der Waals surface area (Å²) in [6, 6.07) is 7.09. The second kappa shape index (κ2) is 8.28. The first-order chi connectivity index (χ1) is 11.1. The molecule has 7 heteroatoms. The van der Waals surface area contributed by atoms with Crippen LogP contribution in [-0.4, -0.2) is 23.9 Å². The fraction of sp³-hybridized carbons (Fsp3) is 0.312. The van der Waals surface area contributed by atoms with Gasteiger partial charge in [0, 0.05) is 30.6 Å². The van der Waals surface area contributed by atoms with Crippen LogP contribution in [0.2, 0.25) is 0 Å². The maximum Gasteiger partial charge on any atom is 0.222 e. The Balaban J connectivity index is 1.89. The number of carbonyl (C=O) groups excluding carboxylic acids is 2. The summed E-state index contributed by atoms with van der Waals surface area (Å²) in [5.41, 5.74) is 0.881. The highest BCUT2D eigenvalue weighted by Crippen LogP contribution is 2.22. The van der Waals surface area contributed by atoms with Crippen LogP contribution in [0.1, 0.15) is 29.8 Å². The highest BCUT2D eigenvalue weighted by molar-refractivity contribution is 7.10. The van der Waals surface area contributed by atoms with Crippen LogP contribution in [0.25, 0.3) is 0 Å². The molecule has 23 heavy (non-hydrogen) atoms. The molecule has 0 aliphatic carbocycles. The van der Waals surface area contributed by atoms with Crippen molar-refractivity contribution in [2.24, 2.45) is 0 Å². The van der Waals surface area contributed by atoms with Gasteiger partial charge in [-0.3, -0.25) is 9.59 Å². The quantitative estimate of drug-likeness (QED) is 0.812. The highest BCUT2D eigenvalue weighted by Gasteiger charge is 2.17. The van der Waals surface area contributed by atoms with Gasteiger partial charge in [0.15, 0.2) is 0 Å². The van der Waals surface area contributed by atoms with Gasteiger partial charge >= 0.3 is 0 Å². The maximum atomic E-state index is 12.1. The number of nitrogens with one attached hydrogen (secondary N) is 2. The summed E-state index contributed by atoms with van der Waals surface area (Å²) in [4.78, 5) is 28.5. The van der Waals surface area contributed by atoms with Gasteiger partial charge in [0.1, 0.15) is 0 Å². The summed E-state index contributed by atoms with van der Waals surface area (Å²) in [5, 5.41) is 7.57. The number of hydrogen-bond acceptors (Lipinski definition) is 5. The Bertz CT molecular complexity index is 641. The fourth-order valence-corrected chi connectivity index (χ4v) is 2.83. The number of pyridine rings is 1. The lowest BCUT2D eigenvalue weighted by atomic mass is 10.1. The second-order valence-electron chi connectivity index (χ2n) is 4.96. The van der Waals surface area contributed by atoms with Crippen molar-refractivity contribution in [3.63, 3.8) is 0 Å². The minimum absolute atomic E-state index is 0.132. The molecule has 0 aromatic carbocycles. The van der Waals surface area contributed by atoms with E-state index in [1.54, 1.807) is 19.4 Å². The van der Waals surface area contributed by atoms with E-state index >= 15 is 0 Å². The van der Waals surface area contributed by atoms with Gasteiger partial charge in [0.05, 0.1) is 19.6 Å². The van der Waals surface area contributed by atoms with Gasteiger partial charge < -0.3 is 15.4 Å². The minimum atomic E-state index is -0.304. The highest BCUT2D eigenvalue weighted by atomic mass is 32.1. The molecule has 0 aliphatic heterocycles. The molecule has 2 aromatic heterocycles. The van der Waals surface area contributed by atoms with Crippen LogP contribution in [0.5, 0.6) is 5.88 Å². The third-order valence-electron chi connectivity index (χ3n) is 3.15. The van der Waals surface area contributed by atoms with Gasteiger partial charge in [0.25, 0.3) is 0 Å². The first-order valence-corrected chi connectivity index (χ1v) is 8.02. The normalized spacial score (nSPS) is 11.6. The van der Waals surface area contributed by atoms with Gasteiger partial charge in [-0.25, -0.2) is 4.98 Å². The summed E-state index contributed by atoms with van der Waals surface area (Å²) in [5.74, 6) is 0.243. The van der Waals surface area contributed by atoms with E-state index in [1.807, 2.05) is 23.6 Å². The van der Waals surface area contributed by atoms with Crippen molar-refractivity contribution in [1.82, 2.24) is 15.6 Å². The molecule has 0 saturated heterocycles. The minimum Gasteiger partial charge on any atom is -0.481 e. The van der Waals surface area contributed by atoms with Crippen molar-refractivity contribution in [2.45, 2.75) is 25.9 Å². The van der Waals surface area contributed by atoms with Gasteiger partial charge in [-0.05, 0) is 17.0 Å². The largest absolute Gasteiger partial charge is 0.481 e. The summed E-state index contributed by atoms with van der Waals surface area (Å²) in [7, 11) is 1.55. The summed E-state index contributed by atoms with van der Waals surface area (Å²) < 4.78 is 4.99. The third-order valence-corrected chi connectivity index (χ3v) is 4.14. The number of thiophene rings is 1. The Morgan fingerprint density at radius 1 is 1.35 bits per heavy atom. The first-order valence-electron chi connectivity index (χ1n) is 7.14. The number of nitrogens with zero attached hydrogens (tertiary/aromatic N) is 1. The molecule has 122 valence electrons. The Morgan fingerprint density at radius 3 is 2.74 bits per heavy atom. The van der Waals surface area contributed by atoms with Gasteiger partial charge in [0.2, 0.25) is 17.7 Å². The second-order valence-corrected chi connectivity index (χ2v) is 5.94. The van der Waals surface area contributed by atoms with Gasteiger partial charge in [-0.1, -0.05) is 12.1 Å². The Labute approximate surface area is 138 Å². The van der Waals surface area contributed by atoms with Gasteiger partial charge in [-0.2, -0.15) is 0 Å². The molecule has 2 heterocycles. The zero-order valence-electron chi connectivity index (χ0n) is 13.0.